The van der Waals surface area contributed by atoms with Gasteiger partial charge in [-0.2, -0.15) is 0 Å². The zero-order valence-electron chi connectivity index (χ0n) is 9.48. The van der Waals surface area contributed by atoms with Gasteiger partial charge in [0.15, 0.2) is 0 Å². The van der Waals surface area contributed by atoms with Gasteiger partial charge in [-0.15, -0.1) is 0 Å². The predicted molar refractivity (Wildman–Crippen MR) is 65.5 cm³/mol. The molecule has 5 heteroatoms. The van der Waals surface area contributed by atoms with Crippen molar-refractivity contribution in [2.24, 2.45) is 5.92 Å². The third kappa shape index (κ3) is 2.50. The molecule has 0 amide bonds. The van der Waals surface area contributed by atoms with Gasteiger partial charge < -0.3 is 10.2 Å². The van der Waals surface area contributed by atoms with E-state index in [-0.39, 0.29) is 6.42 Å². The smallest absolute Gasteiger partial charge is 0.306 e. The molecule has 1 saturated carbocycles. The molecule has 0 aliphatic heterocycles. The van der Waals surface area contributed by atoms with Crippen molar-refractivity contribution in [1.29, 1.82) is 0 Å². The number of carboxylic acid groups (broad SMARTS) is 1. The number of nitrogens with zero attached hydrogens (tertiary/aromatic N) is 1. The summed E-state index contributed by atoms with van der Waals surface area (Å²) in [6, 6.07) is 3.67. The molecule has 1 heterocycles. The van der Waals surface area contributed by atoms with Crippen molar-refractivity contribution in [3.63, 3.8) is 0 Å². The van der Waals surface area contributed by atoms with Crippen molar-refractivity contribution in [1.82, 2.24) is 4.98 Å². The van der Waals surface area contributed by atoms with Crippen molar-refractivity contribution in [2.75, 3.05) is 0 Å². The van der Waals surface area contributed by atoms with Crippen LogP contribution in [-0.4, -0.2) is 21.2 Å². The maximum atomic E-state index is 10.9. The van der Waals surface area contributed by atoms with Gasteiger partial charge >= 0.3 is 5.97 Å². The number of carboxylic acids is 1. The van der Waals surface area contributed by atoms with Crippen molar-refractivity contribution < 1.29 is 15.0 Å². The average molecular weight is 300 g/mol. The summed E-state index contributed by atoms with van der Waals surface area (Å²) in [5.74, 6) is -1.31. The lowest BCUT2D eigenvalue weighted by Crippen LogP contribution is -2.25. The fourth-order valence-electron chi connectivity index (χ4n) is 2.33. The summed E-state index contributed by atoms with van der Waals surface area (Å²) in [6.45, 7) is 1.92. The number of aliphatic hydroxyl groups is 1. The molecule has 2 N–H and O–H groups in total. The Morgan fingerprint density at radius 2 is 2.29 bits per heavy atom. The van der Waals surface area contributed by atoms with Gasteiger partial charge in [0.2, 0.25) is 0 Å². The van der Waals surface area contributed by atoms with Gasteiger partial charge in [-0.3, -0.25) is 4.79 Å². The molecule has 0 saturated heterocycles. The Labute approximate surface area is 108 Å². The Morgan fingerprint density at radius 3 is 2.82 bits per heavy atom. The summed E-state index contributed by atoms with van der Waals surface area (Å²) in [7, 11) is 0. The largest absolute Gasteiger partial charge is 0.481 e. The van der Waals surface area contributed by atoms with E-state index >= 15 is 0 Å². The van der Waals surface area contributed by atoms with Crippen molar-refractivity contribution in [3.8, 4) is 0 Å². The summed E-state index contributed by atoms with van der Waals surface area (Å²) in [5, 5.41) is 19.4. The highest BCUT2D eigenvalue weighted by Gasteiger charge is 2.42. The maximum absolute atomic E-state index is 10.9. The summed E-state index contributed by atoms with van der Waals surface area (Å²) in [5.41, 5.74) is 0.458. The molecule has 4 nitrogen and oxygen atoms in total. The second-order valence-electron chi connectivity index (χ2n) is 4.66. The molecule has 0 aromatic carbocycles. The van der Waals surface area contributed by atoms with Crippen molar-refractivity contribution >= 4 is 21.9 Å². The molecule has 92 valence electrons. The van der Waals surface area contributed by atoms with Crippen LogP contribution in [0, 0.1) is 12.8 Å². The van der Waals surface area contributed by atoms with E-state index < -0.39 is 17.5 Å². The monoisotopic (exact) mass is 299 g/mol. The highest BCUT2D eigenvalue weighted by molar-refractivity contribution is 9.10. The Kier molecular flexibility index (Phi) is 3.23. The van der Waals surface area contributed by atoms with Gasteiger partial charge in [0.25, 0.3) is 0 Å². The normalized spacial score (nSPS) is 28.3. The Balaban J connectivity index is 2.30. The number of aromatic nitrogens is 1. The second kappa shape index (κ2) is 4.38. The molecular weight excluding hydrogens is 286 g/mol. The molecule has 1 aliphatic carbocycles. The first-order valence-corrected chi connectivity index (χ1v) is 6.30. The van der Waals surface area contributed by atoms with E-state index in [1.54, 1.807) is 0 Å². The first-order chi connectivity index (χ1) is 7.90. The number of aryl methyl sites for hydroxylation is 1. The molecule has 1 fully saturated rings. The molecule has 0 spiro atoms. The van der Waals surface area contributed by atoms with E-state index in [2.05, 4.69) is 20.9 Å². The second-order valence-corrected chi connectivity index (χ2v) is 5.47. The molecule has 2 rings (SSSR count). The maximum Gasteiger partial charge on any atom is 0.306 e. The minimum absolute atomic E-state index is 0.241. The number of hydrogen-bond acceptors (Lipinski definition) is 3. The number of pyridine rings is 1. The number of carbonyl (C=O) groups is 1. The van der Waals surface area contributed by atoms with Gasteiger partial charge in [-0.1, -0.05) is 0 Å². The van der Waals surface area contributed by atoms with E-state index in [1.165, 1.54) is 0 Å². The number of rotatable bonds is 2. The van der Waals surface area contributed by atoms with Gasteiger partial charge in [0.1, 0.15) is 10.2 Å². The Hall–Kier alpha value is -0.940. The summed E-state index contributed by atoms with van der Waals surface area (Å²) < 4.78 is 0.666. The summed E-state index contributed by atoms with van der Waals surface area (Å²) >= 11 is 3.29. The van der Waals surface area contributed by atoms with Crippen LogP contribution in [0.1, 0.15) is 30.5 Å². The number of halogens is 1. The highest BCUT2D eigenvalue weighted by atomic mass is 79.9. The molecule has 1 aliphatic rings. The standard InChI is InChI=1S/C12H14BrNO3/c1-7-4-9(14-10(13)5-7)12(17)3-2-8(6-12)11(15)16/h4-5,8,17H,2-3,6H2,1H3,(H,15,16)/t8-,12+/m0/s1. The lowest BCUT2D eigenvalue weighted by atomic mass is 9.95. The lowest BCUT2D eigenvalue weighted by molar-refractivity contribution is -0.142. The van der Waals surface area contributed by atoms with Crippen LogP contribution in [-0.2, 0) is 10.4 Å². The fourth-order valence-corrected chi connectivity index (χ4v) is 2.88. The molecule has 0 unspecified atom stereocenters. The molecule has 2 atom stereocenters. The van der Waals surface area contributed by atoms with Crippen LogP contribution in [0.15, 0.2) is 16.7 Å². The lowest BCUT2D eigenvalue weighted by Gasteiger charge is -2.22. The molecular formula is C12H14BrNO3. The van der Waals surface area contributed by atoms with E-state index in [9.17, 15) is 9.90 Å². The van der Waals surface area contributed by atoms with Crippen LogP contribution in [0.2, 0.25) is 0 Å². The van der Waals surface area contributed by atoms with Crippen LogP contribution >= 0.6 is 15.9 Å². The van der Waals surface area contributed by atoms with Gasteiger partial charge in [-0.25, -0.2) is 4.98 Å². The highest BCUT2D eigenvalue weighted by Crippen LogP contribution is 2.41. The molecule has 17 heavy (non-hydrogen) atoms. The first-order valence-electron chi connectivity index (χ1n) is 5.50. The van der Waals surface area contributed by atoms with E-state index in [0.29, 0.717) is 23.1 Å². The Bertz CT molecular complexity index is 443. The summed E-state index contributed by atoms with van der Waals surface area (Å²) in [4.78, 5) is 15.2. The van der Waals surface area contributed by atoms with Crippen LogP contribution in [0.25, 0.3) is 0 Å². The number of hydrogen-bond donors (Lipinski definition) is 2. The number of aliphatic carboxylic acids is 1. The quantitative estimate of drug-likeness (QED) is 0.822. The van der Waals surface area contributed by atoms with E-state index in [1.807, 2.05) is 19.1 Å². The predicted octanol–water partition coefficient (Wildman–Crippen LogP) is 2.22. The van der Waals surface area contributed by atoms with E-state index in [0.717, 1.165) is 5.56 Å². The van der Waals surface area contributed by atoms with Gasteiger partial charge in [0.05, 0.1) is 11.6 Å². The van der Waals surface area contributed by atoms with Crippen LogP contribution in [0.4, 0.5) is 0 Å². The van der Waals surface area contributed by atoms with Crippen LogP contribution in [0.5, 0.6) is 0 Å². The summed E-state index contributed by atoms with van der Waals surface area (Å²) in [6.07, 6.45) is 1.19. The molecule has 0 radical (unpaired) electrons. The van der Waals surface area contributed by atoms with Crippen molar-refractivity contribution in [2.45, 2.75) is 31.8 Å². The average Bonchev–Trinajstić information content (AvgIpc) is 2.61. The zero-order valence-corrected chi connectivity index (χ0v) is 11.1. The fraction of sp³-hybridized carbons (Fsp3) is 0.500. The molecule has 0 bridgehead atoms. The zero-order chi connectivity index (χ0) is 12.6. The minimum Gasteiger partial charge on any atom is -0.481 e. The van der Waals surface area contributed by atoms with E-state index in [4.69, 9.17) is 5.11 Å². The topological polar surface area (TPSA) is 70.4 Å². The third-order valence-electron chi connectivity index (χ3n) is 3.25. The molecule has 1 aromatic heterocycles. The van der Waals surface area contributed by atoms with Gasteiger partial charge in [-0.05, 0) is 59.8 Å². The third-order valence-corrected chi connectivity index (χ3v) is 3.66. The van der Waals surface area contributed by atoms with Crippen LogP contribution < -0.4 is 0 Å². The Morgan fingerprint density at radius 1 is 1.59 bits per heavy atom. The molecule has 1 aromatic rings. The SMILES string of the molecule is Cc1cc(Br)nc([C@@]2(O)CC[C@H](C(=O)O)C2)c1. The first kappa shape index (κ1) is 12.5. The van der Waals surface area contributed by atoms with Crippen LogP contribution in [0.3, 0.4) is 0 Å². The minimum atomic E-state index is -1.10. The van der Waals surface area contributed by atoms with Crippen molar-refractivity contribution in [3.05, 3.63) is 28.0 Å². The van der Waals surface area contributed by atoms with Gasteiger partial charge in [0, 0.05) is 0 Å².